The monoisotopic (exact) mass is 283 g/mol. The van der Waals surface area contributed by atoms with Gasteiger partial charge in [0.25, 0.3) is 0 Å². The lowest BCUT2D eigenvalue weighted by Crippen LogP contribution is -2.48. The maximum absolute atomic E-state index is 12.2. The van der Waals surface area contributed by atoms with Crippen molar-refractivity contribution in [2.75, 3.05) is 19.6 Å². The number of carbonyl (C=O) groups excluding carboxylic acids is 2. The predicted molar refractivity (Wildman–Crippen MR) is 80.1 cm³/mol. The second kappa shape index (κ2) is 7.50. The summed E-state index contributed by atoms with van der Waals surface area (Å²) in [6, 6.07) is -0.426. The van der Waals surface area contributed by atoms with Crippen LogP contribution < -0.4 is 11.1 Å². The lowest BCUT2D eigenvalue weighted by atomic mass is 9.85. The molecule has 116 valence electrons. The van der Waals surface area contributed by atoms with Crippen LogP contribution in [0.5, 0.6) is 0 Å². The number of carbonyl (C=O) groups is 2. The average Bonchev–Trinajstić information content (AvgIpc) is 2.38. The molecular formula is C15H29N3O2. The Kier molecular flexibility index (Phi) is 6.30. The summed E-state index contributed by atoms with van der Waals surface area (Å²) in [5.74, 6) is 1.51. The first-order valence-corrected chi connectivity index (χ1v) is 7.65. The second-order valence-electron chi connectivity index (χ2n) is 6.52. The van der Waals surface area contributed by atoms with Crippen molar-refractivity contribution in [3.63, 3.8) is 0 Å². The summed E-state index contributed by atoms with van der Waals surface area (Å²) in [7, 11) is 0. The zero-order chi connectivity index (χ0) is 15.3. The molecule has 1 aliphatic rings. The SMILES string of the molecule is CC(C)C(CNC(=O)C1CCCN(C(N)=O)C1)C(C)C. The summed E-state index contributed by atoms with van der Waals surface area (Å²) in [6.45, 7) is 10.6. The van der Waals surface area contributed by atoms with E-state index in [-0.39, 0.29) is 11.8 Å². The van der Waals surface area contributed by atoms with Gasteiger partial charge >= 0.3 is 6.03 Å². The summed E-state index contributed by atoms with van der Waals surface area (Å²) >= 11 is 0. The Labute approximate surface area is 122 Å². The van der Waals surface area contributed by atoms with Gasteiger partial charge in [-0.15, -0.1) is 0 Å². The van der Waals surface area contributed by atoms with Gasteiger partial charge in [0, 0.05) is 19.6 Å². The third-order valence-corrected chi connectivity index (χ3v) is 4.33. The number of nitrogens with two attached hydrogens (primary N) is 1. The van der Waals surface area contributed by atoms with Gasteiger partial charge in [-0.2, -0.15) is 0 Å². The molecule has 0 aromatic heterocycles. The molecular weight excluding hydrogens is 254 g/mol. The van der Waals surface area contributed by atoms with Gasteiger partial charge in [0.1, 0.15) is 0 Å². The molecule has 1 aliphatic heterocycles. The highest BCUT2D eigenvalue weighted by molar-refractivity contribution is 5.80. The van der Waals surface area contributed by atoms with Gasteiger partial charge < -0.3 is 16.0 Å². The van der Waals surface area contributed by atoms with Crippen LogP contribution >= 0.6 is 0 Å². The van der Waals surface area contributed by atoms with Crippen molar-refractivity contribution in [1.82, 2.24) is 10.2 Å². The quantitative estimate of drug-likeness (QED) is 0.807. The van der Waals surface area contributed by atoms with Crippen LogP contribution in [-0.2, 0) is 4.79 Å². The van der Waals surface area contributed by atoms with Crippen LogP contribution in [0.2, 0.25) is 0 Å². The molecule has 3 N–H and O–H groups in total. The van der Waals surface area contributed by atoms with Crippen LogP contribution in [0.15, 0.2) is 0 Å². The topological polar surface area (TPSA) is 75.4 Å². The van der Waals surface area contributed by atoms with Gasteiger partial charge in [-0.25, -0.2) is 4.79 Å². The molecule has 20 heavy (non-hydrogen) atoms. The molecule has 0 radical (unpaired) electrons. The minimum Gasteiger partial charge on any atom is -0.356 e. The number of urea groups is 1. The fourth-order valence-corrected chi connectivity index (χ4v) is 3.00. The Hall–Kier alpha value is -1.26. The first kappa shape index (κ1) is 16.8. The van der Waals surface area contributed by atoms with Crippen molar-refractivity contribution in [1.29, 1.82) is 0 Å². The van der Waals surface area contributed by atoms with E-state index >= 15 is 0 Å². The fourth-order valence-electron chi connectivity index (χ4n) is 3.00. The Morgan fingerprint density at radius 1 is 1.25 bits per heavy atom. The van der Waals surface area contributed by atoms with Gasteiger partial charge in [-0.05, 0) is 30.6 Å². The third kappa shape index (κ3) is 4.69. The normalized spacial score (nSPS) is 19.8. The van der Waals surface area contributed by atoms with Crippen molar-refractivity contribution in [2.45, 2.75) is 40.5 Å². The van der Waals surface area contributed by atoms with Crippen molar-refractivity contribution >= 4 is 11.9 Å². The van der Waals surface area contributed by atoms with Gasteiger partial charge in [0.2, 0.25) is 5.91 Å². The van der Waals surface area contributed by atoms with E-state index in [0.717, 1.165) is 12.8 Å². The number of nitrogens with one attached hydrogen (secondary N) is 1. The van der Waals surface area contributed by atoms with E-state index < -0.39 is 6.03 Å². The Morgan fingerprint density at radius 2 is 1.85 bits per heavy atom. The van der Waals surface area contributed by atoms with Crippen LogP contribution in [0.1, 0.15) is 40.5 Å². The average molecular weight is 283 g/mol. The molecule has 1 fully saturated rings. The zero-order valence-electron chi connectivity index (χ0n) is 13.2. The van der Waals surface area contributed by atoms with E-state index in [2.05, 4.69) is 33.0 Å². The van der Waals surface area contributed by atoms with Crippen LogP contribution in [-0.4, -0.2) is 36.5 Å². The molecule has 5 nitrogen and oxygen atoms in total. The van der Waals surface area contributed by atoms with Gasteiger partial charge in [0.05, 0.1) is 5.92 Å². The molecule has 3 amide bonds. The molecule has 1 heterocycles. The number of piperidine rings is 1. The van der Waals surface area contributed by atoms with Gasteiger partial charge in [-0.1, -0.05) is 27.7 Å². The maximum atomic E-state index is 12.2. The minimum absolute atomic E-state index is 0.0576. The summed E-state index contributed by atoms with van der Waals surface area (Å²) in [6.07, 6.45) is 1.68. The Morgan fingerprint density at radius 3 is 2.35 bits per heavy atom. The largest absolute Gasteiger partial charge is 0.356 e. The standard InChI is InChI=1S/C15H29N3O2/c1-10(2)13(11(3)4)8-17-14(19)12-6-5-7-18(9-12)15(16)20/h10-13H,5-9H2,1-4H3,(H2,16,20)(H,17,19). The second-order valence-corrected chi connectivity index (χ2v) is 6.52. The minimum atomic E-state index is -0.426. The van der Waals surface area contributed by atoms with E-state index in [1.165, 1.54) is 0 Å². The molecule has 0 aromatic rings. The lowest BCUT2D eigenvalue weighted by Gasteiger charge is -2.32. The van der Waals surface area contributed by atoms with E-state index in [1.807, 2.05) is 0 Å². The first-order chi connectivity index (χ1) is 9.32. The van der Waals surface area contributed by atoms with Crippen LogP contribution in [0.25, 0.3) is 0 Å². The van der Waals surface area contributed by atoms with E-state index in [0.29, 0.717) is 37.4 Å². The summed E-state index contributed by atoms with van der Waals surface area (Å²) in [5.41, 5.74) is 5.29. The third-order valence-electron chi connectivity index (χ3n) is 4.33. The molecule has 0 aromatic carbocycles. The number of rotatable bonds is 5. The van der Waals surface area contributed by atoms with Gasteiger partial charge in [-0.3, -0.25) is 4.79 Å². The Balaban J connectivity index is 2.47. The predicted octanol–water partition coefficient (Wildman–Crippen LogP) is 1.82. The highest BCUT2D eigenvalue weighted by Gasteiger charge is 2.28. The number of nitrogens with zero attached hydrogens (tertiary/aromatic N) is 1. The smallest absolute Gasteiger partial charge is 0.314 e. The van der Waals surface area contributed by atoms with Crippen molar-refractivity contribution in [3.05, 3.63) is 0 Å². The van der Waals surface area contributed by atoms with Crippen molar-refractivity contribution in [3.8, 4) is 0 Å². The molecule has 1 rings (SSSR count). The highest BCUT2D eigenvalue weighted by atomic mass is 16.2. The van der Waals surface area contributed by atoms with Crippen LogP contribution in [0.3, 0.4) is 0 Å². The molecule has 0 bridgehead atoms. The Bertz CT molecular complexity index is 334. The number of likely N-dealkylation sites (tertiary alicyclic amines) is 1. The molecule has 0 saturated carbocycles. The van der Waals surface area contributed by atoms with Crippen LogP contribution in [0.4, 0.5) is 4.79 Å². The van der Waals surface area contributed by atoms with Crippen molar-refractivity contribution in [2.24, 2.45) is 29.4 Å². The molecule has 1 saturated heterocycles. The van der Waals surface area contributed by atoms with E-state index in [1.54, 1.807) is 4.90 Å². The number of amides is 3. The van der Waals surface area contributed by atoms with E-state index in [4.69, 9.17) is 5.73 Å². The fraction of sp³-hybridized carbons (Fsp3) is 0.867. The maximum Gasteiger partial charge on any atom is 0.314 e. The zero-order valence-corrected chi connectivity index (χ0v) is 13.2. The summed E-state index contributed by atoms with van der Waals surface area (Å²) in [5, 5.41) is 3.06. The van der Waals surface area contributed by atoms with E-state index in [9.17, 15) is 9.59 Å². The lowest BCUT2D eigenvalue weighted by molar-refractivity contribution is -0.126. The number of hydrogen-bond acceptors (Lipinski definition) is 2. The molecule has 0 aliphatic carbocycles. The molecule has 5 heteroatoms. The molecule has 1 unspecified atom stereocenters. The molecule has 0 spiro atoms. The molecule has 1 atom stereocenters. The number of primary amides is 1. The summed E-state index contributed by atoms with van der Waals surface area (Å²) in [4.78, 5) is 25.0. The van der Waals surface area contributed by atoms with Crippen LogP contribution in [0, 0.1) is 23.7 Å². The number of hydrogen-bond donors (Lipinski definition) is 2. The first-order valence-electron chi connectivity index (χ1n) is 7.65. The highest BCUT2D eigenvalue weighted by Crippen LogP contribution is 2.20. The van der Waals surface area contributed by atoms with Gasteiger partial charge in [0.15, 0.2) is 0 Å². The summed E-state index contributed by atoms with van der Waals surface area (Å²) < 4.78 is 0. The van der Waals surface area contributed by atoms with Crippen molar-refractivity contribution < 1.29 is 9.59 Å².